The topological polar surface area (TPSA) is 56.3 Å². The van der Waals surface area contributed by atoms with Crippen molar-refractivity contribution in [2.75, 3.05) is 26.8 Å². The van der Waals surface area contributed by atoms with E-state index in [1.807, 2.05) is 17.9 Å². The van der Waals surface area contributed by atoms with Gasteiger partial charge < -0.3 is 10.5 Å². The number of nitrogens with zero attached hydrogens (tertiary/aromatic N) is 3. The fourth-order valence-corrected chi connectivity index (χ4v) is 2.25. The van der Waals surface area contributed by atoms with Gasteiger partial charge in [0.05, 0.1) is 18.8 Å². The zero-order chi connectivity index (χ0) is 13.7. The zero-order valence-corrected chi connectivity index (χ0v) is 12.2. The highest BCUT2D eigenvalue weighted by Crippen LogP contribution is 2.24. The highest BCUT2D eigenvalue weighted by atomic mass is 16.5. The Kier molecular flexibility index (Phi) is 5.78. The molecule has 1 rings (SSSR count). The van der Waals surface area contributed by atoms with Gasteiger partial charge in [-0.1, -0.05) is 0 Å². The summed E-state index contributed by atoms with van der Waals surface area (Å²) in [5.74, 6) is 0. The van der Waals surface area contributed by atoms with Gasteiger partial charge in [-0.05, 0) is 20.8 Å². The molecule has 1 aromatic heterocycles. The van der Waals surface area contributed by atoms with E-state index >= 15 is 0 Å². The average molecular weight is 254 g/mol. The highest BCUT2D eigenvalue weighted by molar-refractivity contribution is 5.21. The lowest BCUT2D eigenvalue weighted by atomic mass is 10.0. The van der Waals surface area contributed by atoms with E-state index < -0.39 is 0 Å². The Morgan fingerprint density at radius 2 is 2.17 bits per heavy atom. The summed E-state index contributed by atoms with van der Waals surface area (Å²) in [6.45, 7) is 8.64. The Morgan fingerprint density at radius 3 is 2.56 bits per heavy atom. The number of nitrogens with two attached hydrogens (primary N) is 1. The lowest BCUT2D eigenvalue weighted by molar-refractivity contribution is 0.0977. The summed E-state index contributed by atoms with van der Waals surface area (Å²) in [6, 6.07) is 0.627. The van der Waals surface area contributed by atoms with Gasteiger partial charge >= 0.3 is 0 Å². The molecule has 0 aromatic carbocycles. The number of aryl methyl sites for hydroxylation is 1. The van der Waals surface area contributed by atoms with Gasteiger partial charge in [-0.15, -0.1) is 0 Å². The number of aromatic nitrogens is 2. The molecule has 104 valence electrons. The van der Waals surface area contributed by atoms with Crippen molar-refractivity contribution in [3.63, 3.8) is 0 Å². The molecule has 1 atom stereocenters. The molecule has 5 heteroatoms. The van der Waals surface area contributed by atoms with E-state index in [1.165, 1.54) is 11.3 Å². The van der Waals surface area contributed by atoms with Crippen LogP contribution in [0.15, 0.2) is 6.20 Å². The van der Waals surface area contributed by atoms with Gasteiger partial charge in [0.2, 0.25) is 0 Å². The van der Waals surface area contributed by atoms with Crippen LogP contribution in [0.3, 0.4) is 0 Å². The van der Waals surface area contributed by atoms with Crippen molar-refractivity contribution in [2.24, 2.45) is 12.8 Å². The van der Waals surface area contributed by atoms with Gasteiger partial charge in [0.25, 0.3) is 0 Å². The summed E-state index contributed by atoms with van der Waals surface area (Å²) < 4.78 is 7.08. The maximum absolute atomic E-state index is 5.97. The third kappa shape index (κ3) is 3.31. The van der Waals surface area contributed by atoms with Crippen LogP contribution in [0.5, 0.6) is 0 Å². The molecular formula is C13H26N4O. The molecule has 0 amide bonds. The fourth-order valence-electron chi connectivity index (χ4n) is 2.25. The van der Waals surface area contributed by atoms with E-state index in [4.69, 9.17) is 10.5 Å². The van der Waals surface area contributed by atoms with E-state index in [-0.39, 0.29) is 6.04 Å². The molecule has 0 spiro atoms. The van der Waals surface area contributed by atoms with E-state index in [2.05, 4.69) is 30.8 Å². The quantitative estimate of drug-likeness (QED) is 0.791. The first-order chi connectivity index (χ1) is 8.52. The van der Waals surface area contributed by atoms with Crippen LogP contribution < -0.4 is 5.73 Å². The van der Waals surface area contributed by atoms with Crippen molar-refractivity contribution in [2.45, 2.75) is 32.9 Å². The molecule has 1 aromatic rings. The first-order valence-electron chi connectivity index (χ1n) is 6.46. The van der Waals surface area contributed by atoms with Crippen LogP contribution >= 0.6 is 0 Å². The molecule has 0 fully saturated rings. The fraction of sp³-hybridized carbons (Fsp3) is 0.769. The molecular weight excluding hydrogens is 228 g/mol. The molecule has 0 aliphatic heterocycles. The summed E-state index contributed by atoms with van der Waals surface area (Å²) in [7, 11) is 3.69. The Bertz CT molecular complexity index is 362. The third-order valence-electron chi connectivity index (χ3n) is 3.47. The van der Waals surface area contributed by atoms with Crippen LogP contribution in [0, 0.1) is 6.92 Å². The highest BCUT2D eigenvalue weighted by Gasteiger charge is 2.24. The third-order valence-corrected chi connectivity index (χ3v) is 3.47. The maximum Gasteiger partial charge on any atom is 0.0590 e. The molecule has 2 N–H and O–H groups in total. The van der Waals surface area contributed by atoms with Crippen molar-refractivity contribution in [1.82, 2.24) is 14.7 Å². The predicted octanol–water partition coefficient (Wildman–Crippen LogP) is 1.09. The van der Waals surface area contributed by atoms with E-state index in [0.29, 0.717) is 19.2 Å². The number of ether oxygens (including phenoxy) is 1. The molecule has 1 heterocycles. The average Bonchev–Trinajstić information content (AvgIpc) is 2.65. The van der Waals surface area contributed by atoms with E-state index in [9.17, 15) is 0 Å². The predicted molar refractivity (Wildman–Crippen MR) is 73.5 cm³/mol. The number of rotatable bonds is 7. The Hall–Kier alpha value is -0.910. The minimum atomic E-state index is 0.203. The minimum Gasteiger partial charge on any atom is -0.383 e. The van der Waals surface area contributed by atoms with Crippen molar-refractivity contribution in [3.05, 3.63) is 17.5 Å². The van der Waals surface area contributed by atoms with Crippen molar-refractivity contribution < 1.29 is 4.74 Å². The first kappa shape index (κ1) is 15.1. The second kappa shape index (κ2) is 6.87. The van der Waals surface area contributed by atoms with Gasteiger partial charge in [-0.2, -0.15) is 5.10 Å². The normalized spacial score (nSPS) is 13.6. The first-order valence-corrected chi connectivity index (χ1v) is 6.46. The smallest absolute Gasteiger partial charge is 0.0590 e. The summed E-state index contributed by atoms with van der Waals surface area (Å²) >= 11 is 0. The molecule has 0 radical (unpaired) electrons. The van der Waals surface area contributed by atoms with Crippen LogP contribution in [0.25, 0.3) is 0 Å². The summed E-state index contributed by atoms with van der Waals surface area (Å²) in [5, 5.41) is 4.31. The largest absolute Gasteiger partial charge is 0.383 e. The molecule has 5 nitrogen and oxygen atoms in total. The minimum absolute atomic E-state index is 0.203. The molecule has 0 aliphatic rings. The van der Waals surface area contributed by atoms with Gasteiger partial charge in [0, 0.05) is 44.5 Å². The molecule has 0 saturated heterocycles. The zero-order valence-electron chi connectivity index (χ0n) is 12.2. The summed E-state index contributed by atoms with van der Waals surface area (Å²) in [5.41, 5.74) is 8.36. The summed E-state index contributed by atoms with van der Waals surface area (Å²) in [4.78, 5) is 2.37. The second-order valence-corrected chi connectivity index (χ2v) is 4.88. The second-order valence-electron chi connectivity index (χ2n) is 4.88. The van der Waals surface area contributed by atoms with Crippen LogP contribution in [0.4, 0.5) is 0 Å². The van der Waals surface area contributed by atoms with E-state index in [1.54, 1.807) is 7.11 Å². The van der Waals surface area contributed by atoms with Crippen LogP contribution in [0.1, 0.15) is 31.1 Å². The number of methoxy groups -OCH3 is 1. The van der Waals surface area contributed by atoms with Crippen LogP contribution in [0.2, 0.25) is 0 Å². The van der Waals surface area contributed by atoms with Gasteiger partial charge in [0.1, 0.15) is 0 Å². The van der Waals surface area contributed by atoms with Crippen molar-refractivity contribution in [3.8, 4) is 0 Å². The van der Waals surface area contributed by atoms with Gasteiger partial charge in [-0.3, -0.25) is 9.58 Å². The van der Waals surface area contributed by atoms with Gasteiger partial charge in [0.15, 0.2) is 0 Å². The Morgan fingerprint density at radius 1 is 1.50 bits per heavy atom. The lowest BCUT2D eigenvalue weighted by Crippen LogP contribution is -2.40. The van der Waals surface area contributed by atoms with Crippen molar-refractivity contribution >= 4 is 0 Å². The van der Waals surface area contributed by atoms with Crippen molar-refractivity contribution in [1.29, 1.82) is 0 Å². The molecule has 1 unspecified atom stereocenters. The summed E-state index contributed by atoms with van der Waals surface area (Å²) in [6.07, 6.45) is 1.93. The van der Waals surface area contributed by atoms with E-state index in [0.717, 1.165) is 6.54 Å². The monoisotopic (exact) mass is 254 g/mol. The van der Waals surface area contributed by atoms with Crippen LogP contribution in [-0.4, -0.2) is 47.5 Å². The number of hydrogen-bond acceptors (Lipinski definition) is 4. The van der Waals surface area contributed by atoms with Gasteiger partial charge in [-0.25, -0.2) is 0 Å². The SMILES string of the molecule is COCCN(C(C)C)C(CN)c1cnn(C)c1C. The Balaban J connectivity index is 2.94. The lowest BCUT2D eigenvalue weighted by Gasteiger charge is -2.34. The van der Waals surface area contributed by atoms with Crippen LogP contribution in [-0.2, 0) is 11.8 Å². The molecule has 0 aliphatic carbocycles. The molecule has 18 heavy (non-hydrogen) atoms. The standard InChI is InChI=1S/C13H26N4O/c1-10(2)17(6-7-18-5)13(8-14)12-9-15-16(4)11(12)3/h9-10,13H,6-8,14H2,1-5H3. The maximum atomic E-state index is 5.97. The number of hydrogen-bond donors (Lipinski definition) is 1. The molecule has 0 bridgehead atoms. The Labute approximate surface area is 110 Å². The molecule has 0 saturated carbocycles.